The largest absolute Gasteiger partial charge is 0.385 e. The molecule has 1 rings (SSSR count). The second-order valence-corrected chi connectivity index (χ2v) is 4.38. The van der Waals surface area contributed by atoms with Gasteiger partial charge in [0, 0.05) is 11.8 Å². The molecule has 1 heterocycles. The topological polar surface area (TPSA) is 33.1 Å². The minimum atomic E-state index is -0.996. The van der Waals surface area contributed by atoms with Gasteiger partial charge >= 0.3 is 0 Å². The fourth-order valence-electron chi connectivity index (χ4n) is 1.65. The average Bonchev–Trinajstić information content (AvgIpc) is 2.17. The molecule has 0 aromatic carbocycles. The van der Waals surface area contributed by atoms with E-state index in [9.17, 15) is 9.50 Å². The maximum Gasteiger partial charge on any atom is 0.141 e. The molecule has 0 spiro atoms. The van der Waals surface area contributed by atoms with Crippen molar-refractivity contribution in [2.75, 3.05) is 0 Å². The molecule has 0 bridgehead atoms. The van der Waals surface area contributed by atoms with Crippen molar-refractivity contribution in [2.24, 2.45) is 5.92 Å². The molecule has 0 amide bonds. The number of rotatable bonds is 4. The first-order chi connectivity index (χ1) is 6.95. The Hall–Kier alpha value is -0.960. The summed E-state index contributed by atoms with van der Waals surface area (Å²) in [6, 6.07) is 1.34. The van der Waals surface area contributed by atoms with E-state index in [4.69, 9.17) is 0 Å². The smallest absolute Gasteiger partial charge is 0.141 e. The van der Waals surface area contributed by atoms with E-state index in [1.807, 2.05) is 0 Å². The van der Waals surface area contributed by atoms with E-state index in [0.717, 1.165) is 12.6 Å². The Balaban J connectivity index is 2.85. The molecular weight excluding hydrogens is 193 g/mol. The van der Waals surface area contributed by atoms with E-state index >= 15 is 0 Å². The minimum absolute atomic E-state index is 0.406. The molecule has 84 valence electrons. The number of hydrogen-bond donors (Lipinski definition) is 1. The van der Waals surface area contributed by atoms with Gasteiger partial charge in [0.2, 0.25) is 0 Å². The van der Waals surface area contributed by atoms with Crippen molar-refractivity contribution >= 4 is 0 Å². The van der Waals surface area contributed by atoms with Crippen LogP contribution in [0.3, 0.4) is 0 Å². The van der Waals surface area contributed by atoms with Crippen LogP contribution in [-0.4, -0.2) is 10.1 Å². The van der Waals surface area contributed by atoms with E-state index in [0.29, 0.717) is 17.9 Å². The van der Waals surface area contributed by atoms with E-state index in [-0.39, 0.29) is 0 Å². The van der Waals surface area contributed by atoms with Crippen LogP contribution >= 0.6 is 0 Å². The first-order valence-electron chi connectivity index (χ1n) is 5.29. The van der Waals surface area contributed by atoms with Crippen molar-refractivity contribution < 1.29 is 9.50 Å². The Labute approximate surface area is 90.2 Å². The van der Waals surface area contributed by atoms with Crippen LogP contribution in [0.4, 0.5) is 4.39 Å². The highest BCUT2D eigenvalue weighted by Gasteiger charge is 2.25. The van der Waals surface area contributed by atoms with Crippen LogP contribution < -0.4 is 0 Å². The molecule has 2 atom stereocenters. The zero-order valence-corrected chi connectivity index (χ0v) is 9.50. The Bertz CT molecular complexity index is 325. The van der Waals surface area contributed by atoms with Gasteiger partial charge in [-0.1, -0.05) is 20.3 Å². The van der Waals surface area contributed by atoms with Crippen LogP contribution in [0.25, 0.3) is 0 Å². The second-order valence-electron chi connectivity index (χ2n) is 4.38. The van der Waals surface area contributed by atoms with Gasteiger partial charge in [-0.25, -0.2) is 4.39 Å². The molecule has 2 unspecified atom stereocenters. The van der Waals surface area contributed by atoms with Gasteiger partial charge < -0.3 is 5.11 Å². The Morgan fingerprint density at radius 3 is 2.73 bits per heavy atom. The van der Waals surface area contributed by atoms with Gasteiger partial charge in [0.15, 0.2) is 0 Å². The zero-order valence-electron chi connectivity index (χ0n) is 9.50. The van der Waals surface area contributed by atoms with Crippen molar-refractivity contribution in [1.29, 1.82) is 0 Å². The van der Waals surface area contributed by atoms with Gasteiger partial charge in [-0.05, 0) is 25.3 Å². The van der Waals surface area contributed by atoms with Gasteiger partial charge in [0.25, 0.3) is 0 Å². The summed E-state index contributed by atoms with van der Waals surface area (Å²) in [5, 5.41) is 10.2. The van der Waals surface area contributed by atoms with Crippen molar-refractivity contribution in [1.82, 2.24) is 4.98 Å². The van der Waals surface area contributed by atoms with E-state index < -0.39 is 11.4 Å². The summed E-state index contributed by atoms with van der Waals surface area (Å²) in [7, 11) is 0. The Kier molecular flexibility index (Phi) is 3.80. The molecule has 0 saturated carbocycles. The molecule has 1 aromatic heterocycles. The Morgan fingerprint density at radius 1 is 1.53 bits per heavy atom. The molecule has 1 N–H and O–H groups in total. The molecule has 0 aliphatic rings. The monoisotopic (exact) mass is 211 g/mol. The van der Waals surface area contributed by atoms with Gasteiger partial charge in [-0.15, -0.1) is 0 Å². The number of nitrogens with zero attached hydrogens (tertiary/aromatic N) is 1. The third-order valence-corrected chi connectivity index (χ3v) is 2.77. The lowest BCUT2D eigenvalue weighted by Crippen LogP contribution is -2.24. The second kappa shape index (κ2) is 4.71. The summed E-state index contributed by atoms with van der Waals surface area (Å²) in [4.78, 5) is 3.75. The van der Waals surface area contributed by atoms with Crippen LogP contribution in [0.2, 0.25) is 0 Å². The first kappa shape index (κ1) is 12.1. The molecule has 15 heavy (non-hydrogen) atoms. The predicted molar refractivity (Wildman–Crippen MR) is 57.8 cm³/mol. The third kappa shape index (κ3) is 3.27. The number of aromatic nitrogens is 1. The van der Waals surface area contributed by atoms with Crippen molar-refractivity contribution in [2.45, 2.75) is 39.2 Å². The Morgan fingerprint density at radius 2 is 2.20 bits per heavy atom. The van der Waals surface area contributed by atoms with Crippen LogP contribution in [0, 0.1) is 11.7 Å². The van der Waals surface area contributed by atoms with E-state index in [1.165, 1.54) is 12.3 Å². The number of pyridine rings is 1. The van der Waals surface area contributed by atoms with Gasteiger partial charge in [0.1, 0.15) is 5.82 Å². The van der Waals surface area contributed by atoms with Crippen LogP contribution in [0.1, 0.15) is 39.2 Å². The van der Waals surface area contributed by atoms with Crippen molar-refractivity contribution in [3.05, 3.63) is 29.8 Å². The van der Waals surface area contributed by atoms with Gasteiger partial charge in [-0.2, -0.15) is 0 Å². The summed E-state index contributed by atoms with van der Waals surface area (Å²) in [6.45, 7) is 5.85. The van der Waals surface area contributed by atoms with E-state index in [2.05, 4.69) is 18.8 Å². The predicted octanol–water partition coefficient (Wildman–Crippen LogP) is 2.86. The highest BCUT2D eigenvalue weighted by Crippen LogP contribution is 2.28. The average molecular weight is 211 g/mol. The van der Waals surface area contributed by atoms with Crippen molar-refractivity contribution in [3.8, 4) is 0 Å². The maximum atomic E-state index is 12.9. The molecule has 2 nitrogen and oxygen atoms in total. The fourth-order valence-corrected chi connectivity index (χ4v) is 1.65. The lowest BCUT2D eigenvalue weighted by molar-refractivity contribution is 0.0312. The highest BCUT2D eigenvalue weighted by atomic mass is 19.1. The summed E-state index contributed by atoms with van der Waals surface area (Å²) in [5.74, 6) is 0.000180. The lowest BCUT2D eigenvalue weighted by atomic mass is 9.86. The minimum Gasteiger partial charge on any atom is -0.385 e. The van der Waals surface area contributed by atoms with Gasteiger partial charge in [-0.3, -0.25) is 4.98 Å². The summed E-state index contributed by atoms with van der Waals surface area (Å²) >= 11 is 0. The number of aliphatic hydroxyl groups is 1. The summed E-state index contributed by atoms with van der Waals surface area (Å²) < 4.78 is 12.9. The molecular formula is C12H18FNO. The molecule has 1 aromatic rings. The quantitative estimate of drug-likeness (QED) is 0.830. The number of halogens is 1. The SMILES string of the molecule is CCC(C)CC(C)(O)c1cncc(F)c1. The zero-order chi connectivity index (χ0) is 11.5. The third-order valence-electron chi connectivity index (χ3n) is 2.77. The molecule has 0 saturated heterocycles. The van der Waals surface area contributed by atoms with Crippen LogP contribution in [-0.2, 0) is 5.60 Å². The molecule has 3 heteroatoms. The molecule has 0 fully saturated rings. The van der Waals surface area contributed by atoms with Gasteiger partial charge in [0.05, 0.1) is 11.8 Å². The first-order valence-corrected chi connectivity index (χ1v) is 5.29. The fraction of sp³-hybridized carbons (Fsp3) is 0.583. The molecule has 0 aliphatic carbocycles. The summed E-state index contributed by atoms with van der Waals surface area (Å²) in [6.07, 6.45) is 4.28. The standard InChI is InChI=1S/C12H18FNO/c1-4-9(2)6-12(3,15)10-5-11(13)8-14-7-10/h5,7-9,15H,4,6H2,1-3H3. The molecule has 0 aliphatic heterocycles. The highest BCUT2D eigenvalue weighted by molar-refractivity contribution is 5.17. The van der Waals surface area contributed by atoms with Crippen LogP contribution in [0.5, 0.6) is 0 Å². The van der Waals surface area contributed by atoms with E-state index in [1.54, 1.807) is 6.92 Å². The van der Waals surface area contributed by atoms with Crippen molar-refractivity contribution in [3.63, 3.8) is 0 Å². The summed E-state index contributed by atoms with van der Waals surface area (Å²) in [5.41, 5.74) is -0.451. The van der Waals surface area contributed by atoms with Crippen LogP contribution in [0.15, 0.2) is 18.5 Å². The maximum absolute atomic E-state index is 12.9. The number of hydrogen-bond acceptors (Lipinski definition) is 2. The molecule has 0 radical (unpaired) electrons. The normalized spacial score (nSPS) is 17.1. The lowest BCUT2D eigenvalue weighted by Gasteiger charge is -2.26.